The zero-order chi connectivity index (χ0) is 14.5. The SMILES string of the molecule is CCC1CCCN(c2ccc(/C=C/C(=O)O)cc2Cl)C1. The fraction of sp³-hybridized carbons (Fsp3) is 0.438. The van der Waals surface area contributed by atoms with Crippen molar-refractivity contribution >= 4 is 29.3 Å². The molecule has 2 rings (SSSR count). The molecule has 0 aliphatic carbocycles. The Bertz CT molecular complexity index is 513. The highest BCUT2D eigenvalue weighted by Crippen LogP contribution is 2.31. The maximum atomic E-state index is 10.5. The molecule has 108 valence electrons. The van der Waals surface area contributed by atoms with E-state index in [-0.39, 0.29) is 0 Å². The van der Waals surface area contributed by atoms with Gasteiger partial charge in [-0.2, -0.15) is 0 Å². The summed E-state index contributed by atoms with van der Waals surface area (Å²) in [5.41, 5.74) is 1.86. The molecule has 1 aliphatic rings. The number of carboxylic acid groups (broad SMARTS) is 1. The average Bonchev–Trinajstić information content (AvgIpc) is 2.45. The van der Waals surface area contributed by atoms with Crippen molar-refractivity contribution in [1.29, 1.82) is 0 Å². The molecule has 1 N–H and O–H groups in total. The van der Waals surface area contributed by atoms with Gasteiger partial charge in [-0.3, -0.25) is 0 Å². The van der Waals surface area contributed by atoms with Gasteiger partial charge in [0.1, 0.15) is 0 Å². The van der Waals surface area contributed by atoms with Crippen molar-refractivity contribution < 1.29 is 9.90 Å². The first kappa shape index (κ1) is 14.9. The number of hydrogen-bond donors (Lipinski definition) is 1. The summed E-state index contributed by atoms with van der Waals surface area (Å²) in [7, 11) is 0. The monoisotopic (exact) mass is 293 g/mol. The van der Waals surface area contributed by atoms with Crippen molar-refractivity contribution in [1.82, 2.24) is 0 Å². The number of rotatable bonds is 4. The molecule has 0 bridgehead atoms. The lowest BCUT2D eigenvalue weighted by Crippen LogP contribution is -2.35. The predicted molar refractivity (Wildman–Crippen MR) is 83.3 cm³/mol. The molecule has 1 aromatic rings. The number of carboxylic acids is 1. The van der Waals surface area contributed by atoms with Gasteiger partial charge in [0, 0.05) is 19.2 Å². The van der Waals surface area contributed by atoms with E-state index in [9.17, 15) is 4.79 Å². The molecule has 20 heavy (non-hydrogen) atoms. The molecule has 1 heterocycles. The molecular weight excluding hydrogens is 274 g/mol. The molecule has 3 nitrogen and oxygen atoms in total. The van der Waals surface area contributed by atoms with Gasteiger partial charge in [-0.05, 0) is 42.5 Å². The summed E-state index contributed by atoms with van der Waals surface area (Å²) in [5.74, 6) is -0.210. The molecule has 0 saturated carbocycles. The Hall–Kier alpha value is -1.48. The fourth-order valence-corrected chi connectivity index (χ4v) is 2.98. The summed E-state index contributed by atoms with van der Waals surface area (Å²) in [6.07, 6.45) is 6.38. The summed E-state index contributed by atoms with van der Waals surface area (Å²) in [5, 5.41) is 9.32. The van der Waals surface area contributed by atoms with E-state index in [0.29, 0.717) is 5.02 Å². The smallest absolute Gasteiger partial charge is 0.328 e. The summed E-state index contributed by atoms with van der Waals surface area (Å²) >= 11 is 6.35. The Morgan fingerprint density at radius 2 is 2.35 bits per heavy atom. The number of hydrogen-bond acceptors (Lipinski definition) is 2. The van der Waals surface area contributed by atoms with Crippen LogP contribution in [-0.4, -0.2) is 24.2 Å². The summed E-state index contributed by atoms with van der Waals surface area (Å²) in [4.78, 5) is 12.9. The maximum absolute atomic E-state index is 10.5. The van der Waals surface area contributed by atoms with E-state index in [4.69, 9.17) is 16.7 Å². The Kier molecular flexibility index (Phi) is 5.07. The molecule has 1 fully saturated rings. The van der Waals surface area contributed by atoms with Crippen LogP contribution in [0.3, 0.4) is 0 Å². The molecule has 1 atom stereocenters. The Morgan fingerprint density at radius 1 is 1.55 bits per heavy atom. The highest BCUT2D eigenvalue weighted by Gasteiger charge is 2.20. The van der Waals surface area contributed by atoms with E-state index in [0.717, 1.165) is 36.3 Å². The van der Waals surface area contributed by atoms with Crippen LogP contribution in [0.25, 0.3) is 6.08 Å². The molecule has 0 spiro atoms. The molecule has 0 radical (unpaired) electrons. The Balaban J connectivity index is 2.15. The van der Waals surface area contributed by atoms with Gasteiger partial charge in [-0.25, -0.2) is 4.79 Å². The number of halogens is 1. The predicted octanol–water partition coefficient (Wildman–Crippen LogP) is 4.06. The topological polar surface area (TPSA) is 40.5 Å². The van der Waals surface area contributed by atoms with Crippen LogP contribution in [0.1, 0.15) is 31.7 Å². The van der Waals surface area contributed by atoms with Crippen LogP contribution in [0, 0.1) is 5.92 Å². The van der Waals surface area contributed by atoms with Crippen LogP contribution in [0.15, 0.2) is 24.3 Å². The van der Waals surface area contributed by atoms with Crippen LogP contribution in [0.5, 0.6) is 0 Å². The average molecular weight is 294 g/mol. The normalized spacial score (nSPS) is 19.5. The van der Waals surface area contributed by atoms with Crippen LogP contribution in [0.4, 0.5) is 5.69 Å². The van der Waals surface area contributed by atoms with Gasteiger partial charge >= 0.3 is 5.97 Å². The van der Waals surface area contributed by atoms with Crippen LogP contribution >= 0.6 is 11.6 Å². The van der Waals surface area contributed by atoms with Crippen molar-refractivity contribution in [3.63, 3.8) is 0 Å². The van der Waals surface area contributed by atoms with Gasteiger partial charge in [0.2, 0.25) is 0 Å². The standard InChI is InChI=1S/C16H20ClNO2/c1-2-12-4-3-9-18(11-12)15-7-5-13(10-14(15)17)6-8-16(19)20/h5-8,10,12H,2-4,9,11H2,1H3,(H,19,20)/b8-6+. The quantitative estimate of drug-likeness (QED) is 0.851. The first-order valence-corrected chi connectivity index (χ1v) is 7.43. The minimum atomic E-state index is -0.952. The zero-order valence-corrected chi connectivity index (χ0v) is 12.4. The van der Waals surface area contributed by atoms with Gasteiger partial charge < -0.3 is 10.0 Å². The van der Waals surface area contributed by atoms with E-state index in [2.05, 4.69) is 11.8 Å². The van der Waals surface area contributed by atoms with Crippen molar-refractivity contribution in [2.24, 2.45) is 5.92 Å². The molecule has 0 amide bonds. The number of benzene rings is 1. The number of nitrogens with zero attached hydrogens (tertiary/aromatic N) is 1. The lowest BCUT2D eigenvalue weighted by Gasteiger charge is -2.34. The Labute approximate surface area is 124 Å². The van der Waals surface area contributed by atoms with E-state index < -0.39 is 5.97 Å². The third-order valence-electron chi connectivity index (χ3n) is 3.83. The lowest BCUT2D eigenvalue weighted by atomic mass is 9.95. The van der Waals surface area contributed by atoms with Crippen molar-refractivity contribution in [3.05, 3.63) is 34.9 Å². The lowest BCUT2D eigenvalue weighted by molar-refractivity contribution is -0.131. The second-order valence-electron chi connectivity index (χ2n) is 5.24. The maximum Gasteiger partial charge on any atom is 0.328 e. The van der Waals surface area contributed by atoms with Crippen molar-refractivity contribution in [3.8, 4) is 0 Å². The molecule has 1 unspecified atom stereocenters. The molecule has 1 aromatic carbocycles. The van der Waals surface area contributed by atoms with Crippen LogP contribution in [-0.2, 0) is 4.79 Å². The number of anilines is 1. The van der Waals surface area contributed by atoms with Crippen LogP contribution < -0.4 is 4.90 Å². The van der Waals surface area contributed by atoms with E-state index in [1.54, 1.807) is 6.08 Å². The first-order valence-electron chi connectivity index (χ1n) is 7.05. The van der Waals surface area contributed by atoms with Gasteiger partial charge in [0.15, 0.2) is 0 Å². The molecular formula is C16H20ClNO2. The van der Waals surface area contributed by atoms with E-state index in [1.807, 2.05) is 18.2 Å². The third-order valence-corrected chi connectivity index (χ3v) is 4.13. The zero-order valence-electron chi connectivity index (χ0n) is 11.7. The van der Waals surface area contributed by atoms with E-state index >= 15 is 0 Å². The summed E-state index contributed by atoms with van der Waals surface area (Å²) < 4.78 is 0. The van der Waals surface area contributed by atoms with Gasteiger partial charge in [-0.15, -0.1) is 0 Å². The highest BCUT2D eigenvalue weighted by molar-refractivity contribution is 6.33. The molecule has 0 aromatic heterocycles. The summed E-state index contributed by atoms with van der Waals surface area (Å²) in [6.45, 7) is 4.33. The minimum absolute atomic E-state index is 0.689. The molecule has 4 heteroatoms. The minimum Gasteiger partial charge on any atom is -0.478 e. The summed E-state index contributed by atoms with van der Waals surface area (Å²) in [6, 6.07) is 5.73. The third kappa shape index (κ3) is 3.76. The first-order chi connectivity index (χ1) is 9.60. The van der Waals surface area contributed by atoms with Crippen molar-refractivity contribution in [2.75, 3.05) is 18.0 Å². The van der Waals surface area contributed by atoms with E-state index in [1.165, 1.54) is 19.3 Å². The fourth-order valence-electron chi connectivity index (χ4n) is 2.67. The van der Waals surface area contributed by atoms with Gasteiger partial charge in [0.05, 0.1) is 10.7 Å². The van der Waals surface area contributed by atoms with Crippen molar-refractivity contribution in [2.45, 2.75) is 26.2 Å². The molecule has 1 saturated heterocycles. The van der Waals surface area contributed by atoms with Gasteiger partial charge in [-0.1, -0.05) is 31.0 Å². The number of carbonyl (C=O) groups is 1. The Morgan fingerprint density at radius 3 is 3.00 bits per heavy atom. The second-order valence-corrected chi connectivity index (χ2v) is 5.65. The largest absolute Gasteiger partial charge is 0.478 e. The van der Waals surface area contributed by atoms with Gasteiger partial charge in [0.25, 0.3) is 0 Å². The number of piperidine rings is 1. The highest BCUT2D eigenvalue weighted by atomic mass is 35.5. The second kappa shape index (κ2) is 6.80. The van der Waals surface area contributed by atoms with Crippen LogP contribution in [0.2, 0.25) is 5.02 Å². The molecule has 1 aliphatic heterocycles. The number of aliphatic carboxylic acids is 1.